The summed E-state index contributed by atoms with van der Waals surface area (Å²) < 4.78 is 5.12. The number of aliphatic hydroxyl groups excluding tert-OH is 2. The number of ether oxygens (including phenoxy) is 1. The Kier molecular flexibility index (Phi) is 9.06. The number of hydrogen-bond donors (Lipinski definition) is 6. The maximum Gasteiger partial charge on any atom is 0.309 e. The molecule has 10 N–H and O–H groups in total. The number of nitrogens with two attached hydrogens (primary N) is 4. The quantitative estimate of drug-likeness (QED) is 0.129. The number of aliphatic hydroxyl groups is 2. The van der Waals surface area contributed by atoms with E-state index in [1.807, 2.05) is 6.08 Å². The summed E-state index contributed by atoms with van der Waals surface area (Å²) >= 11 is 0. The molecule has 2 saturated carbocycles. The molecular weight excluding hydrogens is 408 g/mol. The maximum absolute atomic E-state index is 12.0. The number of hydrogen-bond acceptors (Lipinski definition) is 8. The normalized spacial score (nSPS) is 28.1. The van der Waals surface area contributed by atoms with Gasteiger partial charge in [-0.2, -0.15) is 0 Å². The van der Waals surface area contributed by atoms with Crippen LogP contribution in [0.1, 0.15) is 59.3 Å². The van der Waals surface area contributed by atoms with Crippen LogP contribution in [0, 0.1) is 29.6 Å². The number of fused-ring (bicyclic) bond motifs is 1. The van der Waals surface area contributed by atoms with Gasteiger partial charge >= 0.3 is 5.97 Å². The van der Waals surface area contributed by atoms with E-state index < -0.39 is 29.5 Å². The lowest BCUT2D eigenvalue weighted by Crippen LogP contribution is -2.75. The molecule has 5 unspecified atom stereocenters. The third kappa shape index (κ3) is 6.88. The van der Waals surface area contributed by atoms with Gasteiger partial charge in [-0.1, -0.05) is 17.7 Å². The minimum Gasteiger partial charge on any atom is -0.463 e. The fraction of sp³-hybridized carbons (Fsp3) is 0.708. The van der Waals surface area contributed by atoms with Crippen LogP contribution in [-0.4, -0.2) is 45.8 Å². The Morgan fingerprint density at radius 3 is 2.59 bits per heavy atom. The zero-order valence-corrected chi connectivity index (χ0v) is 19.5. The van der Waals surface area contributed by atoms with Gasteiger partial charge in [-0.3, -0.25) is 4.79 Å². The summed E-state index contributed by atoms with van der Waals surface area (Å²) in [6, 6.07) is 0. The Morgan fingerprint density at radius 2 is 1.97 bits per heavy atom. The number of rotatable bonds is 9. The van der Waals surface area contributed by atoms with Crippen LogP contribution in [0.4, 0.5) is 0 Å². The van der Waals surface area contributed by atoms with Gasteiger partial charge in [0.25, 0.3) is 0 Å². The van der Waals surface area contributed by atoms with Crippen molar-refractivity contribution in [2.24, 2.45) is 40.7 Å². The zero-order chi connectivity index (χ0) is 24.1. The molecule has 0 aromatic heterocycles. The van der Waals surface area contributed by atoms with Crippen molar-refractivity contribution in [1.29, 1.82) is 0 Å². The highest BCUT2D eigenvalue weighted by Gasteiger charge is 2.47. The van der Waals surface area contributed by atoms with Gasteiger partial charge in [0.1, 0.15) is 11.3 Å². The van der Waals surface area contributed by atoms with E-state index in [4.69, 9.17) is 27.7 Å². The van der Waals surface area contributed by atoms with Crippen LogP contribution < -0.4 is 22.9 Å². The van der Waals surface area contributed by atoms with Gasteiger partial charge in [-0.05, 0) is 64.4 Å². The van der Waals surface area contributed by atoms with Crippen molar-refractivity contribution in [3.05, 3.63) is 23.8 Å². The van der Waals surface area contributed by atoms with E-state index in [1.54, 1.807) is 32.9 Å². The molecular formula is C24H40N4O4. The van der Waals surface area contributed by atoms with Crippen LogP contribution in [0.25, 0.3) is 0 Å². The highest BCUT2D eigenvalue weighted by Crippen LogP contribution is 2.50. The molecule has 0 spiro atoms. The van der Waals surface area contributed by atoms with Crippen molar-refractivity contribution >= 4 is 5.97 Å². The second-order valence-corrected chi connectivity index (χ2v) is 9.62. The number of esters is 1. The van der Waals surface area contributed by atoms with Crippen LogP contribution in [-0.2, 0) is 9.53 Å². The Bertz CT molecular complexity index is 779. The lowest BCUT2D eigenvalue weighted by Gasteiger charge is -2.38. The predicted octanol–water partition coefficient (Wildman–Crippen LogP) is 0.610. The molecule has 0 aliphatic heterocycles. The molecule has 0 aromatic carbocycles. The van der Waals surface area contributed by atoms with Gasteiger partial charge in [-0.25, -0.2) is 0 Å². The third-order valence-corrected chi connectivity index (χ3v) is 6.46. The SMILES string of the molecule is CC#CCCC(O)C=CC1C(O)CC2CC(=CC(N)(N)C(N)(N)CC(=O)OC(C)C)CC21. The second kappa shape index (κ2) is 10.9. The predicted molar refractivity (Wildman–Crippen MR) is 124 cm³/mol. The Balaban J connectivity index is 2.05. The topological polar surface area (TPSA) is 171 Å². The molecule has 0 aromatic rings. The molecule has 5 atom stereocenters. The van der Waals surface area contributed by atoms with Crippen molar-refractivity contribution in [2.75, 3.05) is 0 Å². The third-order valence-electron chi connectivity index (χ3n) is 6.46. The van der Waals surface area contributed by atoms with Crippen LogP contribution in [0.15, 0.2) is 23.8 Å². The molecule has 8 nitrogen and oxygen atoms in total. The average molecular weight is 449 g/mol. The molecule has 2 rings (SSSR count). The number of carbonyl (C=O) groups excluding carboxylic acids is 1. The molecule has 0 amide bonds. The maximum atomic E-state index is 12.0. The first-order chi connectivity index (χ1) is 14.9. The fourth-order valence-electron chi connectivity index (χ4n) is 4.76. The standard InChI is InChI=1S/C24H40N4O4/c1-4-5-6-7-18(29)8-9-19-20-11-16(10-17(20)12-21(19)30)13-23(25,26)24(27,28)14-22(31)32-15(2)3/h8-9,13,15,17-21,29-30H,6-7,10-12,14,25-28H2,1-3H3. The summed E-state index contributed by atoms with van der Waals surface area (Å²) in [6.07, 6.45) is 7.07. The number of carbonyl (C=O) groups is 1. The minimum absolute atomic E-state index is 0.0516. The van der Waals surface area contributed by atoms with Crippen LogP contribution in [0.2, 0.25) is 0 Å². The fourth-order valence-corrected chi connectivity index (χ4v) is 4.76. The number of allylic oxidation sites excluding steroid dienone is 1. The van der Waals surface area contributed by atoms with Crippen LogP contribution in [0.3, 0.4) is 0 Å². The lowest BCUT2D eigenvalue weighted by molar-refractivity contribution is -0.149. The van der Waals surface area contributed by atoms with Gasteiger partial charge in [0.15, 0.2) is 0 Å². The highest BCUT2D eigenvalue weighted by molar-refractivity contribution is 5.71. The van der Waals surface area contributed by atoms with Gasteiger partial charge in [0, 0.05) is 12.3 Å². The van der Waals surface area contributed by atoms with E-state index in [-0.39, 0.29) is 24.4 Å². The van der Waals surface area contributed by atoms with Crippen molar-refractivity contribution in [2.45, 2.75) is 88.9 Å². The van der Waals surface area contributed by atoms with Crippen molar-refractivity contribution in [1.82, 2.24) is 0 Å². The van der Waals surface area contributed by atoms with E-state index in [0.29, 0.717) is 31.6 Å². The smallest absolute Gasteiger partial charge is 0.309 e. The van der Waals surface area contributed by atoms with E-state index in [1.165, 1.54) is 0 Å². The second-order valence-electron chi connectivity index (χ2n) is 9.62. The summed E-state index contributed by atoms with van der Waals surface area (Å²) in [5, 5.41) is 20.7. The molecule has 2 aliphatic carbocycles. The van der Waals surface area contributed by atoms with Crippen molar-refractivity contribution in [3.63, 3.8) is 0 Å². The molecule has 0 heterocycles. The van der Waals surface area contributed by atoms with E-state index in [2.05, 4.69) is 11.8 Å². The first kappa shape index (κ1) is 26.5. The largest absolute Gasteiger partial charge is 0.463 e. The van der Waals surface area contributed by atoms with E-state index in [0.717, 1.165) is 12.0 Å². The highest BCUT2D eigenvalue weighted by atomic mass is 16.5. The summed E-state index contributed by atoms with van der Waals surface area (Å²) in [5.41, 5.74) is 22.5. The molecule has 32 heavy (non-hydrogen) atoms. The first-order valence-electron chi connectivity index (χ1n) is 11.4. The van der Waals surface area contributed by atoms with Crippen LogP contribution >= 0.6 is 0 Å². The molecule has 8 heteroatoms. The lowest BCUT2D eigenvalue weighted by atomic mass is 9.88. The van der Waals surface area contributed by atoms with Crippen LogP contribution in [0.5, 0.6) is 0 Å². The summed E-state index contributed by atoms with van der Waals surface area (Å²) in [6.45, 7) is 5.25. The summed E-state index contributed by atoms with van der Waals surface area (Å²) in [4.78, 5) is 12.0. The molecule has 0 bridgehead atoms. The van der Waals surface area contributed by atoms with Gasteiger partial charge in [0.05, 0.1) is 24.7 Å². The first-order valence-corrected chi connectivity index (χ1v) is 11.4. The van der Waals surface area contributed by atoms with E-state index >= 15 is 0 Å². The molecule has 0 saturated heterocycles. The Labute approximate surface area is 191 Å². The molecule has 2 fully saturated rings. The summed E-state index contributed by atoms with van der Waals surface area (Å²) in [7, 11) is 0. The summed E-state index contributed by atoms with van der Waals surface area (Å²) in [5.74, 6) is 5.67. The van der Waals surface area contributed by atoms with Crippen molar-refractivity contribution in [3.8, 4) is 11.8 Å². The van der Waals surface area contributed by atoms with Crippen molar-refractivity contribution < 1.29 is 19.7 Å². The Morgan fingerprint density at radius 1 is 1.28 bits per heavy atom. The molecule has 180 valence electrons. The monoisotopic (exact) mass is 448 g/mol. The van der Waals surface area contributed by atoms with Gasteiger partial charge in [0.2, 0.25) is 0 Å². The molecule has 2 aliphatic rings. The Hall–Kier alpha value is -1.73. The van der Waals surface area contributed by atoms with E-state index in [9.17, 15) is 15.0 Å². The zero-order valence-electron chi connectivity index (χ0n) is 19.5. The molecule has 0 radical (unpaired) electrons. The van der Waals surface area contributed by atoms with Gasteiger partial charge < -0.3 is 37.9 Å². The van der Waals surface area contributed by atoms with Gasteiger partial charge in [-0.15, -0.1) is 11.8 Å². The average Bonchev–Trinajstić information content (AvgIpc) is 3.14. The minimum atomic E-state index is -1.67.